The topological polar surface area (TPSA) is 77.8 Å². The molecule has 1 aliphatic rings. The maximum atomic E-state index is 12.3. The van der Waals surface area contributed by atoms with Crippen molar-refractivity contribution in [2.75, 3.05) is 6.54 Å². The minimum Gasteiger partial charge on any atom is -0.480 e. The van der Waals surface area contributed by atoms with Gasteiger partial charge in [0.2, 0.25) is 0 Å². The smallest absolute Gasteiger partial charge is 0.326 e. The number of halogens is 2. The van der Waals surface area contributed by atoms with E-state index < -0.39 is 24.0 Å². The molecule has 1 aromatic carbocycles. The van der Waals surface area contributed by atoms with Gasteiger partial charge in [-0.3, -0.25) is 4.79 Å². The van der Waals surface area contributed by atoms with E-state index in [0.29, 0.717) is 9.50 Å². The number of carboxylic acids is 1. The molecule has 19 heavy (non-hydrogen) atoms. The van der Waals surface area contributed by atoms with Crippen LogP contribution >= 0.6 is 27.5 Å². The van der Waals surface area contributed by atoms with Gasteiger partial charge in [0.15, 0.2) is 0 Å². The number of carbonyl (C=O) groups excluding carboxylic acids is 1. The standard InChI is InChI=1S/C12H11BrClNO4/c13-9-2-1-6(14)3-8(9)11(17)15-5-7(16)4-10(15)12(18)19/h1-3,7,10,16H,4-5H2,(H,18,19)/t7-,10-/m0/s1. The molecule has 2 N–H and O–H groups in total. The van der Waals surface area contributed by atoms with Gasteiger partial charge in [0.05, 0.1) is 11.7 Å². The summed E-state index contributed by atoms with van der Waals surface area (Å²) < 4.78 is 0.535. The fraction of sp³-hybridized carbons (Fsp3) is 0.333. The van der Waals surface area contributed by atoms with Crippen LogP contribution < -0.4 is 0 Å². The Bertz CT molecular complexity index is 536. The molecule has 2 atom stereocenters. The van der Waals surface area contributed by atoms with Crippen LogP contribution in [0.25, 0.3) is 0 Å². The third-order valence-corrected chi connectivity index (χ3v) is 3.91. The summed E-state index contributed by atoms with van der Waals surface area (Å²) in [5.41, 5.74) is 0.285. The van der Waals surface area contributed by atoms with Gasteiger partial charge < -0.3 is 15.1 Å². The summed E-state index contributed by atoms with van der Waals surface area (Å²) >= 11 is 9.07. The molecule has 7 heteroatoms. The first-order chi connectivity index (χ1) is 8.90. The van der Waals surface area contributed by atoms with Crippen LogP contribution in [0.4, 0.5) is 0 Å². The number of nitrogens with zero attached hydrogens (tertiary/aromatic N) is 1. The van der Waals surface area contributed by atoms with Crippen molar-refractivity contribution in [2.24, 2.45) is 0 Å². The lowest BCUT2D eigenvalue weighted by atomic mass is 10.1. The van der Waals surface area contributed by atoms with Crippen LogP contribution in [0.2, 0.25) is 5.02 Å². The van der Waals surface area contributed by atoms with E-state index >= 15 is 0 Å². The van der Waals surface area contributed by atoms with E-state index in [0.717, 1.165) is 4.90 Å². The Morgan fingerprint density at radius 1 is 1.42 bits per heavy atom. The number of hydrogen-bond donors (Lipinski definition) is 2. The molecule has 1 aliphatic heterocycles. The number of hydrogen-bond acceptors (Lipinski definition) is 3. The van der Waals surface area contributed by atoms with E-state index in [9.17, 15) is 14.7 Å². The molecule has 1 heterocycles. The SMILES string of the molecule is O=C(O)[C@@H]1C[C@H](O)CN1C(=O)c1cc(Cl)ccc1Br. The Balaban J connectivity index is 2.33. The van der Waals surface area contributed by atoms with Crippen molar-refractivity contribution < 1.29 is 19.8 Å². The highest BCUT2D eigenvalue weighted by atomic mass is 79.9. The van der Waals surface area contributed by atoms with Gasteiger partial charge in [0.1, 0.15) is 6.04 Å². The van der Waals surface area contributed by atoms with Crippen molar-refractivity contribution in [3.05, 3.63) is 33.3 Å². The largest absolute Gasteiger partial charge is 0.480 e. The first-order valence-electron chi connectivity index (χ1n) is 5.57. The molecule has 0 unspecified atom stereocenters. The maximum Gasteiger partial charge on any atom is 0.326 e. The van der Waals surface area contributed by atoms with Crippen LogP contribution in [0, 0.1) is 0 Å². The predicted molar refractivity (Wildman–Crippen MR) is 72.2 cm³/mol. The maximum absolute atomic E-state index is 12.3. The van der Waals surface area contributed by atoms with Gasteiger partial charge in [-0.05, 0) is 34.1 Å². The van der Waals surface area contributed by atoms with E-state index in [1.807, 2.05) is 0 Å². The van der Waals surface area contributed by atoms with Crippen LogP contribution in [-0.4, -0.2) is 45.7 Å². The van der Waals surface area contributed by atoms with Gasteiger partial charge in [0.25, 0.3) is 5.91 Å². The first-order valence-corrected chi connectivity index (χ1v) is 6.74. The zero-order valence-electron chi connectivity index (χ0n) is 9.72. The number of carboxylic acid groups (broad SMARTS) is 1. The lowest BCUT2D eigenvalue weighted by Crippen LogP contribution is -2.40. The number of carbonyl (C=O) groups is 2. The minimum absolute atomic E-state index is 0.00868. The van der Waals surface area contributed by atoms with E-state index in [-0.39, 0.29) is 18.5 Å². The van der Waals surface area contributed by atoms with Crippen LogP contribution in [0.5, 0.6) is 0 Å². The normalized spacial score (nSPS) is 22.6. The van der Waals surface area contributed by atoms with E-state index in [4.69, 9.17) is 16.7 Å². The zero-order chi connectivity index (χ0) is 14.2. The monoisotopic (exact) mass is 347 g/mol. The van der Waals surface area contributed by atoms with E-state index in [1.165, 1.54) is 6.07 Å². The Hall–Kier alpha value is -1.11. The molecule has 0 radical (unpaired) electrons. The van der Waals surface area contributed by atoms with Crippen LogP contribution in [0.1, 0.15) is 16.8 Å². The number of aliphatic hydroxyl groups is 1. The van der Waals surface area contributed by atoms with Crippen molar-refractivity contribution >= 4 is 39.4 Å². The van der Waals surface area contributed by atoms with Crippen LogP contribution in [-0.2, 0) is 4.79 Å². The van der Waals surface area contributed by atoms with Gasteiger partial charge in [-0.2, -0.15) is 0 Å². The molecule has 0 aromatic heterocycles. The Morgan fingerprint density at radius 3 is 2.74 bits per heavy atom. The molecule has 0 bridgehead atoms. The van der Waals surface area contributed by atoms with Gasteiger partial charge >= 0.3 is 5.97 Å². The fourth-order valence-corrected chi connectivity index (χ4v) is 2.68. The van der Waals surface area contributed by atoms with Gasteiger partial charge in [-0.1, -0.05) is 11.6 Å². The number of β-amino-alcohol motifs (C(OH)–C–C–N with tert-alkyl or cyclic N) is 1. The quantitative estimate of drug-likeness (QED) is 0.854. The molecule has 0 aliphatic carbocycles. The van der Waals surface area contributed by atoms with Crippen molar-refractivity contribution in [3.8, 4) is 0 Å². The second-order valence-corrected chi connectivity index (χ2v) is 5.62. The lowest BCUT2D eigenvalue weighted by molar-refractivity contribution is -0.141. The zero-order valence-corrected chi connectivity index (χ0v) is 12.1. The Kier molecular flexibility index (Phi) is 4.13. The lowest BCUT2D eigenvalue weighted by Gasteiger charge is -2.21. The minimum atomic E-state index is -1.12. The molecular weight excluding hydrogens is 337 g/mol. The molecule has 1 fully saturated rings. The number of aliphatic hydroxyl groups excluding tert-OH is 1. The average molecular weight is 349 g/mol. The van der Waals surface area contributed by atoms with Gasteiger partial charge in [-0.15, -0.1) is 0 Å². The van der Waals surface area contributed by atoms with Crippen molar-refractivity contribution in [2.45, 2.75) is 18.6 Å². The molecule has 102 valence electrons. The molecule has 0 saturated carbocycles. The van der Waals surface area contributed by atoms with Crippen LogP contribution in [0.15, 0.2) is 22.7 Å². The summed E-state index contributed by atoms with van der Waals surface area (Å²) in [5.74, 6) is -1.58. The second-order valence-electron chi connectivity index (χ2n) is 4.33. The third kappa shape index (κ3) is 2.91. The Labute approximate surface area is 122 Å². The molecule has 1 amide bonds. The summed E-state index contributed by atoms with van der Waals surface area (Å²) in [6, 6.07) is 3.71. The number of amides is 1. The first kappa shape index (κ1) is 14.3. The average Bonchev–Trinajstić information content (AvgIpc) is 2.74. The van der Waals surface area contributed by atoms with Crippen LogP contribution in [0.3, 0.4) is 0 Å². The number of rotatable bonds is 2. The molecule has 2 rings (SSSR count). The van der Waals surface area contributed by atoms with E-state index in [2.05, 4.69) is 15.9 Å². The Morgan fingerprint density at radius 2 is 2.11 bits per heavy atom. The highest BCUT2D eigenvalue weighted by Gasteiger charge is 2.39. The molecule has 5 nitrogen and oxygen atoms in total. The van der Waals surface area contributed by atoms with Crippen molar-refractivity contribution in [1.29, 1.82) is 0 Å². The highest BCUT2D eigenvalue weighted by molar-refractivity contribution is 9.10. The molecule has 1 aromatic rings. The molecule has 0 spiro atoms. The summed E-state index contributed by atoms with van der Waals surface area (Å²) in [6.07, 6.45) is -0.776. The summed E-state index contributed by atoms with van der Waals surface area (Å²) in [6.45, 7) is 0.00868. The van der Waals surface area contributed by atoms with Gasteiger partial charge in [-0.25, -0.2) is 4.79 Å². The van der Waals surface area contributed by atoms with Gasteiger partial charge in [0, 0.05) is 22.5 Å². The van der Waals surface area contributed by atoms with E-state index in [1.54, 1.807) is 12.1 Å². The summed E-state index contributed by atoms with van der Waals surface area (Å²) in [7, 11) is 0. The number of aliphatic carboxylic acids is 1. The van der Waals surface area contributed by atoms with Crippen molar-refractivity contribution in [3.63, 3.8) is 0 Å². The predicted octanol–water partition coefficient (Wildman–Crippen LogP) is 1.76. The number of benzene rings is 1. The third-order valence-electron chi connectivity index (χ3n) is 2.98. The summed E-state index contributed by atoms with van der Waals surface area (Å²) in [5, 5.41) is 19.0. The van der Waals surface area contributed by atoms with Crippen molar-refractivity contribution in [1.82, 2.24) is 4.90 Å². The summed E-state index contributed by atoms with van der Waals surface area (Å²) in [4.78, 5) is 24.6. The molecule has 1 saturated heterocycles. The number of likely N-dealkylation sites (tertiary alicyclic amines) is 1. The second kappa shape index (κ2) is 5.48. The highest BCUT2D eigenvalue weighted by Crippen LogP contribution is 2.26. The molecular formula is C12H11BrClNO4. The fourth-order valence-electron chi connectivity index (χ4n) is 2.09.